The number of aromatic hydroxyl groups is 1. The van der Waals surface area contributed by atoms with E-state index in [4.69, 9.17) is 14.7 Å². The van der Waals surface area contributed by atoms with Crippen molar-refractivity contribution < 1.29 is 42.1 Å². The van der Waals surface area contributed by atoms with Gasteiger partial charge in [-0.25, -0.2) is 0 Å². The summed E-state index contributed by atoms with van der Waals surface area (Å²) in [5, 5.41) is 21.8. The molecule has 0 bridgehead atoms. The molecule has 0 fully saturated rings. The molecule has 0 radical (unpaired) electrons. The van der Waals surface area contributed by atoms with Gasteiger partial charge in [0, 0.05) is 11.5 Å². The summed E-state index contributed by atoms with van der Waals surface area (Å²) in [4.78, 5) is 38.4. The van der Waals surface area contributed by atoms with Crippen molar-refractivity contribution in [2.45, 2.75) is 45.4 Å². The minimum Gasteiger partial charge on any atom is -0.506 e. The van der Waals surface area contributed by atoms with E-state index < -0.39 is 59.1 Å². The first-order chi connectivity index (χ1) is 18.2. The molecule has 1 amide bonds. The summed E-state index contributed by atoms with van der Waals surface area (Å²) >= 11 is 0. The second-order valence-corrected chi connectivity index (χ2v) is 9.61. The summed E-state index contributed by atoms with van der Waals surface area (Å²) < 4.78 is 55.2. The van der Waals surface area contributed by atoms with E-state index in [-0.39, 0.29) is 23.2 Å². The number of halogens is 3. The Kier molecular flexibility index (Phi) is 6.91. The summed E-state index contributed by atoms with van der Waals surface area (Å²) in [6, 6.07) is 9.83. The Hall–Kier alpha value is -4.73. The summed E-state index contributed by atoms with van der Waals surface area (Å²) in [6.45, 7) is 4.03. The van der Waals surface area contributed by atoms with E-state index in [9.17, 15) is 32.7 Å². The highest BCUT2D eigenvalue weighted by molar-refractivity contribution is 6.04. The van der Waals surface area contributed by atoms with E-state index in [1.165, 1.54) is 12.1 Å². The fraction of sp³-hybridized carbons (Fsp3) is 0.308. The second-order valence-electron chi connectivity index (χ2n) is 9.61. The summed E-state index contributed by atoms with van der Waals surface area (Å²) in [5.74, 6) is -3.83. The van der Waals surface area contributed by atoms with Crippen molar-refractivity contribution in [1.29, 1.82) is 5.26 Å². The number of hydrogen-bond acceptors (Lipinski definition) is 8. The zero-order valence-electron chi connectivity index (χ0n) is 20.9. The number of aromatic nitrogens is 1. The van der Waals surface area contributed by atoms with Crippen molar-refractivity contribution in [3.05, 3.63) is 63.4 Å². The standard InChI is InChI=1S/C26H22F3N3O7/c1-25(2,3)39-19(33)11-31-23(35)20-22(34)16-8-15(38-26(27,28)29)9-17-21(16)32(24(20)36)12-18(37-17)14-6-4-13(10-30)5-7-14/h4-9,18,34H,11-12H2,1-3H3,(H,31,35). The fourth-order valence-electron chi connectivity index (χ4n) is 4.10. The number of esters is 1. The molecule has 2 aromatic carbocycles. The number of nitrogens with zero attached hydrogens (tertiary/aromatic N) is 2. The largest absolute Gasteiger partial charge is 0.573 e. The molecule has 2 N–H and O–H groups in total. The van der Waals surface area contributed by atoms with Gasteiger partial charge in [0.2, 0.25) is 0 Å². The molecule has 1 unspecified atom stereocenters. The molecule has 4 rings (SSSR count). The molecule has 0 saturated heterocycles. The van der Waals surface area contributed by atoms with Gasteiger partial charge in [-0.15, -0.1) is 13.2 Å². The highest BCUT2D eigenvalue weighted by atomic mass is 19.4. The van der Waals surface area contributed by atoms with Crippen LogP contribution in [-0.4, -0.2) is 40.1 Å². The van der Waals surface area contributed by atoms with Crippen LogP contribution in [0, 0.1) is 11.3 Å². The van der Waals surface area contributed by atoms with Crippen LogP contribution in [0.4, 0.5) is 13.2 Å². The molecule has 1 aliphatic rings. The van der Waals surface area contributed by atoms with Crippen LogP contribution in [0.2, 0.25) is 0 Å². The number of ether oxygens (including phenoxy) is 3. The zero-order valence-corrected chi connectivity index (χ0v) is 20.9. The predicted molar refractivity (Wildman–Crippen MR) is 129 cm³/mol. The fourth-order valence-corrected chi connectivity index (χ4v) is 4.10. The highest BCUT2D eigenvalue weighted by Crippen LogP contribution is 2.42. The summed E-state index contributed by atoms with van der Waals surface area (Å²) in [7, 11) is 0. The number of carbonyl (C=O) groups is 2. The SMILES string of the molecule is CC(C)(C)OC(=O)CNC(=O)c1c(O)c2cc(OC(F)(F)F)cc3c2n(c1=O)CC(c1ccc(C#N)cc1)O3. The Morgan fingerprint density at radius 3 is 2.46 bits per heavy atom. The summed E-state index contributed by atoms with van der Waals surface area (Å²) in [5.41, 5.74) is -1.81. The lowest BCUT2D eigenvalue weighted by molar-refractivity contribution is -0.274. The smallest absolute Gasteiger partial charge is 0.506 e. The Labute approximate surface area is 219 Å². The molecule has 1 aliphatic heterocycles. The van der Waals surface area contributed by atoms with Gasteiger partial charge < -0.3 is 24.6 Å². The number of pyridine rings is 1. The van der Waals surface area contributed by atoms with Gasteiger partial charge in [-0.2, -0.15) is 5.26 Å². The van der Waals surface area contributed by atoms with Crippen molar-refractivity contribution >= 4 is 22.8 Å². The molecule has 2 heterocycles. The van der Waals surface area contributed by atoms with E-state index in [0.717, 1.165) is 16.7 Å². The maximum atomic E-state index is 13.4. The van der Waals surface area contributed by atoms with E-state index in [1.54, 1.807) is 32.9 Å². The number of amides is 1. The molecule has 204 valence electrons. The molecule has 10 nitrogen and oxygen atoms in total. The maximum Gasteiger partial charge on any atom is 0.573 e. The minimum absolute atomic E-state index is 0.0550. The van der Waals surface area contributed by atoms with Crippen molar-refractivity contribution in [2.24, 2.45) is 0 Å². The van der Waals surface area contributed by atoms with Crippen LogP contribution in [0.3, 0.4) is 0 Å². The quantitative estimate of drug-likeness (QED) is 0.463. The first-order valence-electron chi connectivity index (χ1n) is 11.5. The third-order valence-corrected chi connectivity index (χ3v) is 5.57. The number of benzene rings is 2. The molecule has 1 atom stereocenters. The number of rotatable bonds is 5. The Bertz CT molecular complexity index is 1570. The second kappa shape index (κ2) is 9.86. The number of hydrogen-bond donors (Lipinski definition) is 2. The zero-order chi connectivity index (χ0) is 28.7. The number of alkyl halides is 3. The van der Waals surface area contributed by atoms with E-state index >= 15 is 0 Å². The lowest BCUT2D eigenvalue weighted by Crippen LogP contribution is -2.39. The molecule has 13 heteroatoms. The maximum absolute atomic E-state index is 13.4. The van der Waals surface area contributed by atoms with Crippen LogP contribution >= 0.6 is 0 Å². The Morgan fingerprint density at radius 1 is 1.21 bits per heavy atom. The van der Waals surface area contributed by atoms with Crippen LogP contribution in [-0.2, 0) is 16.1 Å². The minimum atomic E-state index is -5.08. The van der Waals surface area contributed by atoms with Gasteiger partial charge >= 0.3 is 12.3 Å². The molecule has 0 spiro atoms. The van der Waals surface area contributed by atoms with Gasteiger partial charge in [-0.05, 0) is 44.5 Å². The average molecular weight is 545 g/mol. The molecule has 39 heavy (non-hydrogen) atoms. The van der Waals surface area contributed by atoms with Crippen LogP contribution in [0.1, 0.15) is 48.4 Å². The predicted octanol–water partition coefficient (Wildman–Crippen LogP) is 3.68. The van der Waals surface area contributed by atoms with Crippen molar-refractivity contribution in [1.82, 2.24) is 9.88 Å². The number of carbonyl (C=O) groups excluding carboxylic acids is 2. The Balaban J connectivity index is 1.81. The number of nitriles is 1. The molecule has 1 aromatic heterocycles. The van der Waals surface area contributed by atoms with Gasteiger partial charge in [-0.3, -0.25) is 19.0 Å². The van der Waals surface area contributed by atoms with Gasteiger partial charge in [0.15, 0.2) is 0 Å². The van der Waals surface area contributed by atoms with Crippen LogP contribution < -0.4 is 20.3 Å². The average Bonchev–Trinajstić information content (AvgIpc) is 2.83. The first-order valence-corrected chi connectivity index (χ1v) is 11.5. The molecule has 3 aromatic rings. The summed E-state index contributed by atoms with van der Waals surface area (Å²) in [6.07, 6.45) is -5.99. The highest BCUT2D eigenvalue weighted by Gasteiger charge is 2.35. The molecule has 0 saturated carbocycles. The van der Waals surface area contributed by atoms with E-state index in [1.807, 2.05) is 6.07 Å². The van der Waals surface area contributed by atoms with Gasteiger partial charge in [0.1, 0.15) is 41.1 Å². The first kappa shape index (κ1) is 27.3. The van der Waals surface area contributed by atoms with Crippen LogP contribution in [0.25, 0.3) is 10.9 Å². The van der Waals surface area contributed by atoms with E-state index in [2.05, 4.69) is 10.1 Å². The van der Waals surface area contributed by atoms with Gasteiger partial charge in [0.25, 0.3) is 11.5 Å². The third-order valence-electron chi connectivity index (χ3n) is 5.57. The van der Waals surface area contributed by atoms with Crippen molar-refractivity contribution in [2.75, 3.05) is 6.54 Å². The molecule has 0 aliphatic carbocycles. The number of nitrogens with one attached hydrogen (secondary N) is 1. The van der Waals surface area contributed by atoms with E-state index in [0.29, 0.717) is 11.1 Å². The monoisotopic (exact) mass is 545 g/mol. The molecular formula is C26H22F3N3O7. The van der Waals surface area contributed by atoms with Crippen LogP contribution in [0.5, 0.6) is 17.2 Å². The van der Waals surface area contributed by atoms with Crippen LogP contribution in [0.15, 0.2) is 41.2 Å². The normalized spacial score (nSPS) is 14.7. The van der Waals surface area contributed by atoms with Gasteiger partial charge in [0.05, 0.1) is 23.7 Å². The van der Waals surface area contributed by atoms with Crippen molar-refractivity contribution in [3.63, 3.8) is 0 Å². The lowest BCUT2D eigenvalue weighted by Gasteiger charge is -2.29. The third kappa shape index (κ3) is 5.90. The lowest BCUT2D eigenvalue weighted by atomic mass is 10.0. The topological polar surface area (TPSA) is 140 Å². The van der Waals surface area contributed by atoms with Crippen molar-refractivity contribution in [3.8, 4) is 23.3 Å². The Morgan fingerprint density at radius 2 is 1.87 bits per heavy atom. The van der Waals surface area contributed by atoms with Gasteiger partial charge in [-0.1, -0.05) is 12.1 Å². The molecular weight excluding hydrogens is 523 g/mol.